The smallest absolute Gasteiger partial charge is 0.216 e. The van der Waals surface area contributed by atoms with Crippen LogP contribution < -0.4 is 0 Å². The van der Waals surface area contributed by atoms with Gasteiger partial charge in [0.1, 0.15) is 0 Å². The van der Waals surface area contributed by atoms with E-state index in [0.29, 0.717) is 25.0 Å². The van der Waals surface area contributed by atoms with Crippen LogP contribution in [0.1, 0.15) is 20.8 Å². The topological polar surface area (TPSA) is 40.6 Å². The zero-order chi connectivity index (χ0) is 11.8. The lowest BCUT2D eigenvalue weighted by atomic mass is 10.1. The maximum Gasteiger partial charge on any atom is 0.216 e. The average molecular weight is 234 g/mol. The number of rotatable bonds is 3. The SMILES string of the molecule is CC1CN(S(=O)(=O)C(C)C)CC1N(C)C. The molecular weight excluding hydrogens is 212 g/mol. The van der Waals surface area contributed by atoms with Gasteiger partial charge in [0, 0.05) is 19.1 Å². The maximum atomic E-state index is 12.0. The Hall–Kier alpha value is -0.130. The summed E-state index contributed by atoms with van der Waals surface area (Å²) in [5, 5.41) is -0.314. The minimum absolute atomic E-state index is 0.314. The van der Waals surface area contributed by atoms with Crippen LogP contribution in [0, 0.1) is 5.92 Å². The lowest BCUT2D eigenvalue weighted by molar-refractivity contribution is 0.263. The molecule has 0 aromatic rings. The van der Waals surface area contributed by atoms with Gasteiger partial charge in [-0.2, -0.15) is 4.31 Å². The molecule has 4 nitrogen and oxygen atoms in total. The van der Waals surface area contributed by atoms with Gasteiger partial charge in [-0.15, -0.1) is 0 Å². The highest BCUT2D eigenvalue weighted by Gasteiger charge is 2.38. The van der Waals surface area contributed by atoms with Crippen molar-refractivity contribution in [3.8, 4) is 0 Å². The molecule has 0 aliphatic carbocycles. The molecule has 1 rings (SSSR count). The van der Waals surface area contributed by atoms with E-state index in [4.69, 9.17) is 0 Å². The molecule has 0 aromatic heterocycles. The third-order valence-electron chi connectivity index (χ3n) is 3.16. The zero-order valence-corrected chi connectivity index (χ0v) is 11.1. The number of nitrogens with zero attached hydrogens (tertiary/aromatic N) is 2. The van der Waals surface area contributed by atoms with Crippen molar-refractivity contribution in [1.82, 2.24) is 9.21 Å². The van der Waals surface area contributed by atoms with Crippen LogP contribution in [0.2, 0.25) is 0 Å². The minimum atomic E-state index is -3.07. The van der Waals surface area contributed by atoms with E-state index in [2.05, 4.69) is 11.8 Å². The van der Waals surface area contributed by atoms with Crippen LogP contribution in [0.3, 0.4) is 0 Å². The molecule has 2 unspecified atom stereocenters. The van der Waals surface area contributed by atoms with Crippen LogP contribution in [-0.4, -0.2) is 56.1 Å². The number of hydrogen-bond donors (Lipinski definition) is 0. The van der Waals surface area contributed by atoms with Gasteiger partial charge < -0.3 is 4.90 Å². The molecule has 0 amide bonds. The summed E-state index contributed by atoms with van der Waals surface area (Å²) in [4.78, 5) is 2.11. The molecule has 1 aliphatic heterocycles. The van der Waals surface area contributed by atoms with Gasteiger partial charge in [-0.3, -0.25) is 0 Å². The molecule has 1 heterocycles. The second-order valence-corrected chi connectivity index (χ2v) is 7.41. The Morgan fingerprint density at radius 2 is 1.80 bits per heavy atom. The molecule has 0 aromatic carbocycles. The summed E-state index contributed by atoms with van der Waals surface area (Å²) < 4.78 is 25.5. The van der Waals surface area contributed by atoms with Crippen molar-refractivity contribution in [3.63, 3.8) is 0 Å². The first-order chi connectivity index (χ1) is 6.76. The molecule has 2 atom stereocenters. The Bertz CT molecular complexity index is 311. The second kappa shape index (κ2) is 4.39. The second-order valence-electron chi connectivity index (χ2n) is 4.92. The summed E-state index contributed by atoms with van der Waals surface area (Å²) in [7, 11) is 0.944. The Morgan fingerprint density at radius 1 is 1.27 bits per heavy atom. The Labute approximate surface area is 93.3 Å². The Morgan fingerprint density at radius 3 is 2.13 bits per heavy atom. The summed E-state index contributed by atoms with van der Waals surface area (Å²) in [5.74, 6) is 0.411. The summed E-state index contributed by atoms with van der Waals surface area (Å²) in [6, 6.07) is 0.346. The van der Waals surface area contributed by atoms with Crippen molar-refractivity contribution in [2.75, 3.05) is 27.2 Å². The largest absolute Gasteiger partial charge is 0.305 e. The normalized spacial score (nSPS) is 29.3. The van der Waals surface area contributed by atoms with Gasteiger partial charge in [-0.05, 0) is 33.9 Å². The third-order valence-corrected chi connectivity index (χ3v) is 5.37. The molecule has 1 aliphatic rings. The van der Waals surface area contributed by atoms with Gasteiger partial charge in [-0.25, -0.2) is 8.42 Å². The molecule has 0 bridgehead atoms. The first kappa shape index (κ1) is 12.9. The van der Waals surface area contributed by atoms with E-state index in [0.717, 1.165) is 0 Å². The highest BCUT2D eigenvalue weighted by Crippen LogP contribution is 2.24. The van der Waals surface area contributed by atoms with Crippen molar-refractivity contribution in [3.05, 3.63) is 0 Å². The maximum absolute atomic E-state index is 12.0. The van der Waals surface area contributed by atoms with Crippen LogP contribution >= 0.6 is 0 Å². The quantitative estimate of drug-likeness (QED) is 0.718. The first-order valence-electron chi connectivity index (χ1n) is 5.42. The van der Waals surface area contributed by atoms with Gasteiger partial charge in [0.05, 0.1) is 5.25 Å². The molecule has 0 saturated carbocycles. The lowest BCUT2D eigenvalue weighted by Crippen LogP contribution is -2.38. The lowest BCUT2D eigenvalue weighted by Gasteiger charge is -2.23. The number of likely N-dealkylation sites (N-methyl/N-ethyl adjacent to an activating group) is 1. The van der Waals surface area contributed by atoms with Gasteiger partial charge in [0.2, 0.25) is 10.0 Å². The zero-order valence-electron chi connectivity index (χ0n) is 10.3. The minimum Gasteiger partial charge on any atom is -0.305 e. The Balaban J connectivity index is 2.79. The van der Waals surface area contributed by atoms with Gasteiger partial charge in [0.15, 0.2) is 0 Å². The molecule has 1 fully saturated rings. The molecule has 90 valence electrons. The van der Waals surface area contributed by atoms with Crippen molar-refractivity contribution in [2.24, 2.45) is 5.92 Å². The van der Waals surface area contributed by atoms with Gasteiger partial charge in [0.25, 0.3) is 0 Å². The standard InChI is InChI=1S/C10H22N2O2S/c1-8(2)15(13,14)12-6-9(3)10(7-12)11(4)5/h8-10H,6-7H2,1-5H3. The molecule has 0 N–H and O–H groups in total. The van der Waals surface area contributed by atoms with Gasteiger partial charge >= 0.3 is 0 Å². The van der Waals surface area contributed by atoms with Crippen molar-refractivity contribution < 1.29 is 8.42 Å². The molecule has 15 heavy (non-hydrogen) atoms. The van der Waals surface area contributed by atoms with E-state index in [-0.39, 0.29) is 5.25 Å². The van der Waals surface area contributed by atoms with Crippen LogP contribution in [0.5, 0.6) is 0 Å². The van der Waals surface area contributed by atoms with Crippen LogP contribution in [-0.2, 0) is 10.0 Å². The van der Waals surface area contributed by atoms with Crippen molar-refractivity contribution in [1.29, 1.82) is 0 Å². The fourth-order valence-corrected chi connectivity index (χ4v) is 3.48. The van der Waals surface area contributed by atoms with E-state index < -0.39 is 10.0 Å². The Kier molecular flexibility index (Phi) is 3.79. The predicted molar refractivity (Wildman–Crippen MR) is 62.3 cm³/mol. The first-order valence-corrected chi connectivity index (χ1v) is 6.92. The van der Waals surface area contributed by atoms with E-state index >= 15 is 0 Å². The molecule has 0 spiro atoms. The monoisotopic (exact) mass is 234 g/mol. The molecular formula is C10H22N2O2S. The van der Waals surface area contributed by atoms with Crippen molar-refractivity contribution >= 4 is 10.0 Å². The summed E-state index contributed by atoms with van der Waals surface area (Å²) in [6.45, 7) is 6.88. The summed E-state index contributed by atoms with van der Waals surface area (Å²) >= 11 is 0. The van der Waals surface area contributed by atoms with E-state index in [9.17, 15) is 8.42 Å². The third kappa shape index (κ3) is 2.52. The average Bonchev–Trinajstić information content (AvgIpc) is 2.47. The molecule has 1 saturated heterocycles. The van der Waals surface area contributed by atoms with E-state index in [1.807, 2.05) is 14.1 Å². The van der Waals surface area contributed by atoms with Crippen molar-refractivity contribution in [2.45, 2.75) is 32.1 Å². The van der Waals surface area contributed by atoms with Crippen LogP contribution in [0.4, 0.5) is 0 Å². The van der Waals surface area contributed by atoms with Gasteiger partial charge in [-0.1, -0.05) is 6.92 Å². The highest BCUT2D eigenvalue weighted by molar-refractivity contribution is 7.89. The molecule has 5 heteroatoms. The summed E-state index contributed by atoms with van der Waals surface area (Å²) in [6.07, 6.45) is 0. The van der Waals surface area contributed by atoms with Crippen LogP contribution in [0.15, 0.2) is 0 Å². The van der Waals surface area contributed by atoms with Crippen LogP contribution in [0.25, 0.3) is 0 Å². The van der Waals surface area contributed by atoms with E-state index in [1.54, 1.807) is 18.2 Å². The molecule has 0 radical (unpaired) electrons. The number of sulfonamides is 1. The predicted octanol–water partition coefficient (Wildman–Crippen LogP) is 0.607. The highest BCUT2D eigenvalue weighted by atomic mass is 32.2. The fraction of sp³-hybridized carbons (Fsp3) is 1.00. The summed E-state index contributed by atoms with van der Waals surface area (Å²) in [5.41, 5.74) is 0. The fourth-order valence-electron chi connectivity index (χ4n) is 2.08. The number of hydrogen-bond acceptors (Lipinski definition) is 3. The van der Waals surface area contributed by atoms with E-state index in [1.165, 1.54) is 0 Å².